The summed E-state index contributed by atoms with van der Waals surface area (Å²) in [7, 11) is 0. The number of alkyl halides is 2. The number of rotatable bonds is 12. The molecule has 0 saturated heterocycles. The molecule has 0 radical (unpaired) electrons. The SMILES string of the molecule is CC=CCCc1ccc(CCOC(F)(F)c2ccc(C3CCC(CCC=CC)CC3)cc2)cc1. The molecule has 184 valence electrons. The molecule has 2 aromatic rings. The fourth-order valence-electron chi connectivity index (χ4n) is 4.90. The summed E-state index contributed by atoms with van der Waals surface area (Å²) < 4.78 is 34.3. The molecule has 0 N–H and O–H groups in total. The molecule has 1 fully saturated rings. The smallest absolute Gasteiger partial charge is 0.316 e. The molecule has 34 heavy (non-hydrogen) atoms. The maximum Gasteiger partial charge on any atom is 0.383 e. The molecule has 1 saturated carbocycles. The highest BCUT2D eigenvalue weighted by molar-refractivity contribution is 5.28. The van der Waals surface area contributed by atoms with Gasteiger partial charge in [-0.15, -0.1) is 0 Å². The van der Waals surface area contributed by atoms with Gasteiger partial charge in [-0.25, -0.2) is 0 Å². The zero-order chi connectivity index (χ0) is 24.2. The van der Waals surface area contributed by atoms with Gasteiger partial charge in [-0.1, -0.05) is 72.8 Å². The second-order valence-corrected chi connectivity index (χ2v) is 9.53. The van der Waals surface area contributed by atoms with Crippen molar-refractivity contribution in [1.82, 2.24) is 0 Å². The van der Waals surface area contributed by atoms with Crippen molar-refractivity contribution in [1.29, 1.82) is 0 Å². The van der Waals surface area contributed by atoms with Crippen LogP contribution in [-0.2, 0) is 23.7 Å². The van der Waals surface area contributed by atoms with Crippen molar-refractivity contribution in [2.75, 3.05) is 6.61 Å². The molecule has 0 atom stereocenters. The Labute approximate surface area is 204 Å². The summed E-state index contributed by atoms with van der Waals surface area (Å²) in [4.78, 5) is 0. The molecule has 0 heterocycles. The second-order valence-electron chi connectivity index (χ2n) is 9.53. The lowest BCUT2D eigenvalue weighted by molar-refractivity contribution is -0.248. The summed E-state index contributed by atoms with van der Waals surface area (Å²) in [5.74, 6) is 1.29. The average Bonchev–Trinajstić information content (AvgIpc) is 2.86. The van der Waals surface area contributed by atoms with E-state index in [0.717, 1.165) is 43.6 Å². The number of ether oxygens (including phenoxy) is 1. The Morgan fingerprint density at radius 1 is 0.794 bits per heavy atom. The highest BCUT2D eigenvalue weighted by Gasteiger charge is 2.33. The Bertz CT molecular complexity index is 888. The minimum absolute atomic E-state index is 0.0100. The van der Waals surface area contributed by atoms with Gasteiger partial charge in [0, 0.05) is 0 Å². The summed E-state index contributed by atoms with van der Waals surface area (Å²) in [5, 5.41) is 0. The Balaban J connectivity index is 1.44. The zero-order valence-electron chi connectivity index (χ0n) is 20.8. The van der Waals surface area contributed by atoms with Gasteiger partial charge in [-0.2, -0.15) is 8.78 Å². The minimum atomic E-state index is -3.27. The molecule has 1 nitrogen and oxygen atoms in total. The summed E-state index contributed by atoms with van der Waals surface area (Å²) >= 11 is 0. The molecule has 1 aliphatic carbocycles. The van der Waals surface area contributed by atoms with Crippen LogP contribution in [0.4, 0.5) is 8.78 Å². The fraction of sp³-hybridized carbons (Fsp3) is 0.484. The molecule has 0 spiro atoms. The van der Waals surface area contributed by atoms with Crippen molar-refractivity contribution in [3.05, 3.63) is 95.1 Å². The predicted octanol–water partition coefficient (Wildman–Crippen LogP) is 9.13. The second kappa shape index (κ2) is 13.6. The van der Waals surface area contributed by atoms with E-state index >= 15 is 0 Å². The maximum atomic E-state index is 14.6. The van der Waals surface area contributed by atoms with Crippen LogP contribution in [0.3, 0.4) is 0 Å². The van der Waals surface area contributed by atoms with E-state index in [1.165, 1.54) is 30.4 Å². The van der Waals surface area contributed by atoms with Crippen molar-refractivity contribution >= 4 is 0 Å². The lowest BCUT2D eigenvalue weighted by atomic mass is 9.77. The van der Waals surface area contributed by atoms with Gasteiger partial charge in [0.25, 0.3) is 0 Å². The van der Waals surface area contributed by atoms with E-state index in [4.69, 9.17) is 4.74 Å². The van der Waals surface area contributed by atoms with Gasteiger partial charge in [0.1, 0.15) is 0 Å². The first-order valence-electron chi connectivity index (χ1n) is 12.9. The third kappa shape index (κ3) is 8.20. The number of benzene rings is 2. The van der Waals surface area contributed by atoms with Crippen LogP contribution in [0.5, 0.6) is 0 Å². The van der Waals surface area contributed by atoms with Crippen molar-refractivity contribution in [2.45, 2.75) is 83.7 Å². The number of hydrogen-bond donors (Lipinski definition) is 0. The van der Waals surface area contributed by atoms with Gasteiger partial charge in [0.05, 0.1) is 12.2 Å². The molecule has 0 bridgehead atoms. The Kier molecular flexibility index (Phi) is 10.5. The third-order valence-corrected chi connectivity index (χ3v) is 7.07. The highest BCUT2D eigenvalue weighted by Crippen LogP contribution is 2.38. The van der Waals surface area contributed by atoms with Gasteiger partial charge in [-0.05, 0) is 100 Å². The monoisotopic (exact) mass is 466 g/mol. The molecular formula is C31H40F2O. The van der Waals surface area contributed by atoms with Crippen molar-refractivity contribution < 1.29 is 13.5 Å². The van der Waals surface area contributed by atoms with Crippen LogP contribution < -0.4 is 0 Å². The van der Waals surface area contributed by atoms with Crippen LogP contribution in [0.1, 0.15) is 87.0 Å². The molecular weight excluding hydrogens is 426 g/mol. The quantitative estimate of drug-likeness (QED) is 0.283. The molecule has 0 unspecified atom stereocenters. The minimum Gasteiger partial charge on any atom is -0.316 e. The molecule has 3 heteroatoms. The summed E-state index contributed by atoms with van der Waals surface area (Å²) in [5.41, 5.74) is 3.40. The zero-order valence-corrected chi connectivity index (χ0v) is 20.8. The normalized spacial score (nSPS) is 19.3. The van der Waals surface area contributed by atoms with E-state index in [1.807, 2.05) is 31.2 Å². The van der Waals surface area contributed by atoms with Gasteiger partial charge < -0.3 is 4.74 Å². The molecule has 0 aromatic heterocycles. The van der Waals surface area contributed by atoms with Crippen LogP contribution in [0.15, 0.2) is 72.8 Å². The van der Waals surface area contributed by atoms with Crippen molar-refractivity contribution in [2.24, 2.45) is 5.92 Å². The van der Waals surface area contributed by atoms with Gasteiger partial charge in [-0.3, -0.25) is 0 Å². The highest BCUT2D eigenvalue weighted by atomic mass is 19.3. The lowest BCUT2D eigenvalue weighted by Gasteiger charge is -2.29. The standard InChI is InChI=1S/C31H40F2O/c1-3-5-7-9-25-11-13-27(14-12-25)23-24-34-31(32,33)30-21-19-29(20-22-30)28-17-15-26(16-18-28)10-8-6-4-2/h3-6,11-14,19-22,26,28H,7-10,15-18,23-24H2,1-2H3. The number of allylic oxidation sites excluding steroid dienone is 4. The number of aryl methyl sites for hydroxylation is 1. The molecule has 3 rings (SSSR count). The first kappa shape index (κ1) is 26.3. The van der Waals surface area contributed by atoms with E-state index < -0.39 is 6.11 Å². The van der Waals surface area contributed by atoms with Gasteiger partial charge in [0.2, 0.25) is 0 Å². The van der Waals surface area contributed by atoms with E-state index in [1.54, 1.807) is 12.1 Å². The van der Waals surface area contributed by atoms with Gasteiger partial charge >= 0.3 is 6.11 Å². The van der Waals surface area contributed by atoms with Crippen LogP contribution in [0, 0.1) is 5.92 Å². The fourth-order valence-corrected chi connectivity index (χ4v) is 4.90. The first-order chi connectivity index (χ1) is 16.5. The van der Waals surface area contributed by atoms with Crippen LogP contribution in [-0.4, -0.2) is 6.61 Å². The maximum absolute atomic E-state index is 14.6. The van der Waals surface area contributed by atoms with E-state index in [2.05, 4.69) is 43.4 Å². The number of halogens is 2. The topological polar surface area (TPSA) is 9.23 Å². The molecule has 1 aliphatic rings. The molecule has 2 aromatic carbocycles. The van der Waals surface area contributed by atoms with Crippen molar-refractivity contribution in [3.63, 3.8) is 0 Å². The summed E-state index contributed by atoms with van der Waals surface area (Å²) in [6, 6.07) is 15.0. The Morgan fingerprint density at radius 3 is 2.00 bits per heavy atom. The van der Waals surface area contributed by atoms with E-state index in [0.29, 0.717) is 12.3 Å². The Hall–Kier alpha value is -2.26. The van der Waals surface area contributed by atoms with E-state index in [-0.39, 0.29) is 12.2 Å². The lowest BCUT2D eigenvalue weighted by Crippen LogP contribution is -2.20. The summed E-state index contributed by atoms with van der Waals surface area (Å²) in [6.07, 6.45) is 15.0. The van der Waals surface area contributed by atoms with Crippen LogP contribution in [0.25, 0.3) is 0 Å². The van der Waals surface area contributed by atoms with Crippen LogP contribution in [0.2, 0.25) is 0 Å². The Morgan fingerprint density at radius 2 is 1.38 bits per heavy atom. The van der Waals surface area contributed by atoms with Crippen molar-refractivity contribution in [3.8, 4) is 0 Å². The average molecular weight is 467 g/mol. The largest absolute Gasteiger partial charge is 0.383 e. The van der Waals surface area contributed by atoms with Gasteiger partial charge in [0.15, 0.2) is 0 Å². The molecule has 0 aliphatic heterocycles. The third-order valence-electron chi connectivity index (χ3n) is 7.07. The number of hydrogen-bond acceptors (Lipinski definition) is 1. The predicted molar refractivity (Wildman–Crippen MR) is 138 cm³/mol. The summed E-state index contributed by atoms with van der Waals surface area (Å²) in [6.45, 7) is 4.08. The van der Waals surface area contributed by atoms with E-state index in [9.17, 15) is 8.78 Å². The molecule has 0 amide bonds. The first-order valence-corrected chi connectivity index (χ1v) is 12.9. The van der Waals surface area contributed by atoms with Crippen LogP contribution >= 0.6 is 0 Å².